The molecular formula is C12H28N2O2S2. The van der Waals surface area contributed by atoms with Gasteiger partial charge in [-0.25, -0.2) is 13.1 Å². The molecule has 0 aromatic rings. The van der Waals surface area contributed by atoms with Crippen molar-refractivity contribution in [2.75, 3.05) is 30.9 Å². The van der Waals surface area contributed by atoms with Crippen molar-refractivity contribution in [3.8, 4) is 0 Å². The predicted octanol–water partition coefficient (Wildman–Crippen LogP) is 1.83. The molecule has 0 spiro atoms. The van der Waals surface area contributed by atoms with Crippen LogP contribution in [0.4, 0.5) is 0 Å². The van der Waals surface area contributed by atoms with Gasteiger partial charge in [0.25, 0.3) is 0 Å². The number of sulfonamides is 1. The fourth-order valence-corrected chi connectivity index (χ4v) is 2.99. The van der Waals surface area contributed by atoms with Crippen molar-refractivity contribution in [3.63, 3.8) is 0 Å². The third kappa shape index (κ3) is 12.7. The van der Waals surface area contributed by atoms with E-state index in [0.29, 0.717) is 19.1 Å². The van der Waals surface area contributed by atoms with Gasteiger partial charge in [-0.05, 0) is 24.9 Å². The van der Waals surface area contributed by atoms with Gasteiger partial charge in [0.15, 0.2) is 0 Å². The topological polar surface area (TPSA) is 58.2 Å². The molecule has 0 aliphatic heterocycles. The summed E-state index contributed by atoms with van der Waals surface area (Å²) in [5, 5.41) is 3.10. The first-order valence-corrected chi connectivity index (χ1v) is 9.72. The van der Waals surface area contributed by atoms with Gasteiger partial charge in [0.2, 0.25) is 10.0 Å². The van der Waals surface area contributed by atoms with Gasteiger partial charge in [0.05, 0.1) is 5.75 Å². The van der Waals surface area contributed by atoms with Gasteiger partial charge in [-0.1, -0.05) is 26.7 Å². The van der Waals surface area contributed by atoms with Crippen molar-refractivity contribution in [2.24, 2.45) is 0 Å². The maximum absolute atomic E-state index is 11.6. The number of hydrogen-bond donors (Lipinski definition) is 2. The molecule has 0 heterocycles. The average molecular weight is 297 g/mol. The SMILES string of the molecule is CSCCCCCCNS(=O)(=O)CCNC(C)C. The van der Waals surface area contributed by atoms with Gasteiger partial charge < -0.3 is 5.32 Å². The van der Waals surface area contributed by atoms with Crippen LogP contribution in [0.2, 0.25) is 0 Å². The minimum Gasteiger partial charge on any atom is -0.313 e. The summed E-state index contributed by atoms with van der Waals surface area (Å²) in [5.74, 6) is 1.37. The molecule has 0 unspecified atom stereocenters. The molecule has 0 atom stereocenters. The summed E-state index contributed by atoms with van der Waals surface area (Å²) in [7, 11) is -3.09. The molecule has 0 radical (unpaired) electrons. The van der Waals surface area contributed by atoms with Crippen LogP contribution in [0.5, 0.6) is 0 Å². The molecule has 6 heteroatoms. The normalized spacial score (nSPS) is 12.2. The maximum Gasteiger partial charge on any atom is 0.212 e. The van der Waals surface area contributed by atoms with Gasteiger partial charge in [0, 0.05) is 19.1 Å². The Kier molecular flexibility index (Phi) is 11.2. The van der Waals surface area contributed by atoms with Crippen LogP contribution < -0.4 is 10.0 Å². The Labute approximate surface area is 117 Å². The van der Waals surface area contributed by atoms with E-state index in [2.05, 4.69) is 16.3 Å². The zero-order chi connectivity index (χ0) is 13.9. The maximum atomic E-state index is 11.6. The van der Waals surface area contributed by atoms with Crippen molar-refractivity contribution < 1.29 is 8.42 Å². The summed E-state index contributed by atoms with van der Waals surface area (Å²) < 4.78 is 25.8. The summed E-state index contributed by atoms with van der Waals surface area (Å²) in [4.78, 5) is 0. The highest BCUT2D eigenvalue weighted by molar-refractivity contribution is 7.98. The number of nitrogens with one attached hydrogen (secondary N) is 2. The second-order valence-electron chi connectivity index (χ2n) is 4.73. The number of rotatable bonds is 12. The highest BCUT2D eigenvalue weighted by Crippen LogP contribution is 2.04. The molecule has 0 saturated carbocycles. The standard InChI is InChI=1S/C12H28N2O2S2/c1-12(2)13-9-11-18(15,16)14-8-6-4-5-7-10-17-3/h12-14H,4-11H2,1-3H3. The molecule has 0 amide bonds. The first-order valence-electron chi connectivity index (χ1n) is 6.67. The molecule has 0 aromatic carbocycles. The molecule has 0 rings (SSSR count). The lowest BCUT2D eigenvalue weighted by Gasteiger charge is -2.09. The van der Waals surface area contributed by atoms with E-state index in [1.807, 2.05) is 25.6 Å². The summed E-state index contributed by atoms with van der Waals surface area (Å²) in [6.07, 6.45) is 6.57. The first-order chi connectivity index (χ1) is 8.48. The molecule has 18 heavy (non-hydrogen) atoms. The van der Waals surface area contributed by atoms with Gasteiger partial charge in [-0.3, -0.25) is 0 Å². The molecule has 0 saturated heterocycles. The molecule has 0 aliphatic rings. The Bertz CT molecular complexity index is 280. The number of hydrogen-bond acceptors (Lipinski definition) is 4. The summed E-state index contributed by atoms with van der Waals surface area (Å²) >= 11 is 1.86. The summed E-state index contributed by atoms with van der Waals surface area (Å²) in [6.45, 7) is 5.10. The Morgan fingerprint density at radius 2 is 1.72 bits per heavy atom. The number of thioether (sulfide) groups is 1. The van der Waals surface area contributed by atoms with Gasteiger partial charge >= 0.3 is 0 Å². The van der Waals surface area contributed by atoms with Crippen LogP contribution in [0.25, 0.3) is 0 Å². The molecule has 0 aliphatic carbocycles. The fourth-order valence-electron chi connectivity index (χ4n) is 1.51. The van der Waals surface area contributed by atoms with E-state index in [1.54, 1.807) is 0 Å². The number of unbranched alkanes of at least 4 members (excludes halogenated alkanes) is 3. The first kappa shape index (κ1) is 18.2. The van der Waals surface area contributed by atoms with Crippen molar-refractivity contribution in [2.45, 2.75) is 45.6 Å². The van der Waals surface area contributed by atoms with Crippen molar-refractivity contribution in [3.05, 3.63) is 0 Å². The van der Waals surface area contributed by atoms with Crippen LogP contribution in [0.15, 0.2) is 0 Å². The second kappa shape index (κ2) is 11.1. The summed E-state index contributed by atoms with van der Waals surface area (Å²) in [6, 6.07) is 0.330. The molecular weight excluding hydrogens is 268 g/mol. The van der Waals surface area contributed by atoms with Gasteiger partial charge in [-0.15, -0.1) is 0 Å². The highest BCUT2D eigenvalue weighted by Gasteiger charge is 2.08. The van der Waals surface area contributed by atoms with E-state index in [-0.39, 0.29) is 5.75 Å². The van der Waals surface area contributed by atoms with E-state index in [4.69, 9.17) is 0 Å². The zero-order valence-electron chi connectivity index (χ0n) is 11.9. The van der Waals surface area contributed by atoms with Crippen LogP contribution >= 0.6 is 11.8 Å². The van der Waals surface area contributed by atoms with Crippen LogP contribution in [-0.2, 0) is 10.0 Å². The Morgan fingerprint density at radius 3 is 2.33 bits per heavy atom. The minimum absolute atomic E-state index is 0.164. The molecule has 4 nitrogen and oxygen atoms in total. The van der Waals surface area contributed by atoms with Gasteiger partial charge in [-0.2, -0.15) is 11.8 Å². The smallest absolute Gasteiger partial charge is 0.212 e. The van der Waals surface area contributed by atoms with Crippen LogP contribution in [0, 0.1) is 0 Å². The summed E-state index contributed by atoms with van der Waals surface area (Å²) in [5.41, 5.74) is 0. The van der Waals surface area contributed by atoms with E-state index >= 15 is 0 Å². The van der Waals surface area contributed by atoms with E-state index < -0.39 is 10.0 Å². The van der Waals surface area contributed by atoms with E-state index in [9.17, 15) is 8.42 Å². The van der Waals surface area contributed by atoms with Crippen LogP contribution in [-0.4, -0.2) is 45.3 Å². The lowest BCUT2D eigenvalue weighted by Crippen LogP contribution is -2.34. The lowest BCUT2D eigenvalue weighted by molar-refractivity contribution is 0.561. The third-order valence-corrected chi connectivity index (χ3v) is 4.60. The van der Waals surface area contributed by atoms with Crippen molar-refractivity contribution in [1.82, 2.24) is 10.0 Å². The average Bonchev–Trinajstić information content (AvgIpc) is 2.27. The van der Waals surface area contributed by atoms with E-state index in [1.165, 1.54) is 18.6 Å². The molecule has 2 N–H and O–H groups in total. The van der Waals surface area contributed by atoms with Crippen LogP contribution in [0.3, 0.4) is 0 Å². The lowest BCUT2D eigenvalue weighted by atomic mass is 10.2. The molecule has 0 bridgehead atoms. The Balaban J connectivity index is 3.47. The predicted molar refractivity (Wildman–Crippen MR) is 81.8 cm³/mol. The Hall–Kier alpha value is 0.220. The second-order valence-corrected chi connectivity index (χ2v) is 7.64. The monoisotopic (exact) mass is 296 g/mol. The molecule has 110 valence electrons. The fraction of sp³-hybridized carbons (Fsp3) is 1.00. The van der Waals surface area contributed by atoms with Crippen LogP contribution in [0.1, 0.15) is 39.5 Å². The Morgan fingerprint density at radius 1 is 1.06 bits per heavy atom. The van der Waals surface area contributed by atoms with Crippen molar-refractivity contribution in [1.29, 1.82) is 0 Å². The van der Waals surface area contributed by atoms with E-state index in [0.717, 1.165) is 12.8 Å². The molecule has 0 aromatic heterocycles. The zero-order valence-corrected chi connectivity index (χ0v) is 13.5. The molecule has 0 fully saturated rings. The quantitative estimate of drug-likeness (QED) is 0.539. The highest BCUT2D eigenvalue weighted by atomic mass is 32.2. The van der Waals surface area contributed by atoms with Gasteiger partial charge in [0.1, 0.15) is 0 Å². The largest absolute Gasteiger partial charge is 0.313 e. The minimum atomic E-state index is -3.09. The van der Waals surface area contributed by atoms with Crippen molar-refractivity contribution >= 4 is 21.8 Å². The third-order valence-electron chi connectivity index (χ3n) is 2.52.